The molecule has 0 aliphatic rings. The molecule has 0 fully saturated rings. The van der Waals surface area contributed by atoms with E-state index in [9.17, 15) is 9.90 Å². The Hall–Kier alpha value is -1.36. The van der Waals surface area contributed by atoms with E-state index >= 15 is 0 Å². The lowest BCUT2D eigenvalue weighted by molar-refractivity contribution is 0.101. The zero-order valence-corrected chi connectivity index (χ0v) is 13.6. The van der Waals surface area contributed by atoms with E-state index < -0.39 is 5.91 Å². The van der Waals surface area contributed by atoms with Crippen LogP contribution < -0.4 is 5.32 Å². The summed E-state index contributed by atoms with van der Waals surface area (Å²) in [6.45, 7) is 3.86. The number of anilines is 1. The van der Waals surface area contributed by atoms with E-state index in [4.69, 9.17) is 34.8 Å². The smallest absolute Gasteiger partial charge is 0.272 e. The summed E-state index contributed by atoms with van der Waals surface area (Å²) in [5.74, 6) is -0.646. The van der Waals surface area contributed by atoms with Gasteiger partial charge in [-0.05, 0) is 32.0 Å². The molecule has 2 rings (SSSR count). The number of aromatic nitrogens is 1. The number of hydrogen-bond acceptors (Lipinski definition) is 2. The highest BCUT2D eigenvalue weighted by Gasteiger charge is 2.17. The van der Waals surface area contributed by atoms with Crippen LogP contribution in [-0.2, 0) is 0 Å². The van der Waals surface area contributed by atoms with Crippen molar-refractivity contribution < 1.29 is 9.90 Å². The van der Waals surface area contributed by atoms with Crippen molar-refractivity contribution >= 4 is 46.4 Å². The first-order valence-electron chi connectivity index (χ1n) is 6.16. The Morgan fingerprint density at radius 2 is 1.86 bits per heavy atom. The molecule has 1 aromatic heterocycles. The zero-order valence-electron chi connectivity index (χ0n) is 11.3. The topological polar surface area (TPSA) is 54.3 Å². The second kappa shape index (κ2) is 6.18. The van der Waals surface area contributed by atoms with Gasteiger partial charge in [-0.3, -0.25) is 4.79 Å². The van der Waals surface area contributed by atoms with Crippen LogP contribution in [0.15, 0.2) is 24.4 Å². The number of benzene rings is 1. The third kappa shape index (κ3) is 3.46. The standard InChI is InChI=1S/C14H13Cl3N2O2/c1-7(2)19-6-9(16)5-12(19)14(21)18-11-4-8(15)3-10(17)13(11)20/h3-7,20H,1-2H3,(H,18,21). The second-order valence-electron chi connectivity index (χ2n) is 4.78. The van der Waals surface area contributed by atoms with Crippen LogP contribution in [0.1, 0.15) is 30.4 Å². The van der Waals surface area contributed by atoms with Crippen molar-refractivity contribution in [3.8, 4) is 5.75 Å². The van der Waals surface area contributed by atoms with E-state index in [1.807, 2.05) is 13.8 Å². The van der Waals surface area contributed by atoms with Crippen molar-refractivity contribution in [3.63, 3.8) is 0 Å². The van der Waals surface area contributed by atoms with Crippen LogP contribution in [0.2, 0.25) is 15.1 Å². The average Bonchev–Trinajstić information content (AvgIpc) is 2.77. The number of hydrogen-bond donors (Lipinski definition) is 2. The highest BCUT2D eigenvalue weighted by Crippen LogP contribution is 2.35. The van der Waals surface area contributed by atoms with Gasteiger partial charge in [0.05, 0.1) is 15.7 Å². The molecule has 0 aliphatic carbocycles. The highest BCUT2D eigenvalue weighted by molar-refractivity contribution is 6.36. The summed E-state index contributed by atoms with van der Waals surface area (Å²) >= 11 is 17.6. The molecule has 0 unspecified atom stereocenters. The number of nitrogens with zero attached hydrogens (tertiary/aromatic N) is 1. The number of halogens is 3. The van der Waals surface area contributed by atoms with E-state index in [0.717, 1.165) is 0 Å². The molecule has 2 aromatic rings. The lowest BCUT2D eigenvalue weighted by Gasteiger charge is -2.13. The van der Waals surface area contributed by atoms with E-state index in [2.05, 4.69) is 5.32 Å². The first kappa shape index (κ1) is 16.0. The molecule has 2 N–H and O–H groups in total. The molecular formula is C14H13Cl3N2O2. The maximum absolute atomic E-state index is 12.3. The summed E-state index contributed by atoms with van der Waals surface area (Å²) in [5, 5.41) is 13.3. The normalized spacial score (nSPS) is 11.0. The highest BCUT2D eigenvalue weighted by atomic mass is 35.5. The van der Waals surface area contributed by atoms with E-state index in [0.29, 0.717) is 15.7 Å². The molecular weight excluding hydrogens is 335 g/mol. The molecule has 0 spiro atoms. The molecule has 4 nitrogen and oxygen atoms in total. The van der Waals surface area contributed by atoms with Gasteiger partial charge in [0, 0.05) is 17.3 Å². The molecule has 112 valence electrons. The summed E-state index contributed by atoms with van der Waals surface area (Å²) in [6.07, 6.45) is 1.67. The number of phenols is 1. The molecule has 1 aromatic carbocycles. The van der Waals surface area contributed by atoms with Gasteiger partial charge in [-0.1, -0.05) is 34.8 Å². The van der Waals surface area contributed by atoms with Crippen molar-refractivity contribution in [2.75, 3.05) is 5.32 Å². The van der Waals surface area contributed by atoms with Crippen LogP contribution in [0.4, 0.5) is 5.69 Å². The maximum Gasteiger partial charge on any atom is 0.272 e. The van der Waals surface area contributed by atoms with Crippen LogP contribution in [0.3, 0.4) is 0 Å². The minimum Gasteiger partial charge on any atom is -0.504 e. The first-order chi connectivity index (χ1) is 9.79. The van der Waals surface area contributed by atoms with Crippen molar-refractivity contribution in [2.45, 2.75) is 19.9 Å². The third-order valence-corrected chi connectivity index (χ3v) is 3.59. The number of phenolic OH excluding ortho intramolecular Hbond substituents is 1. The molecule has 0 aliphatic heterocycles. The Morgan fingerprint density at radius 3 is 2.48 bits per heavy atom. The monoisotopic (exact) mass is 346 g/mol. The van der Waals surface area contributed by atoms with Crippen molar-refractivity contribution in [1.29, 1.82) is 0 Å². The molecule has 0 saturated carbocycles. The van der Waals surface area contributed by atoms with E-state index in [-0.39, 0.29) is 22.5 Å². The Bertz CT molecular complexity index is 696. The van der Waals surface area contributed by atoms with E-state index in [1.165, 1.54) is 12.1 Å². The van der Waals surface area contributed by atoms with Gasteiger partial charge in [0.15, 0.2) is 5.75 Å². The molecule has 0 radical (unpaired) electrons. The lowest BCUT2D eigenvalue weighted by atomic mass is 10.2. The number of amides is 1. The fourth-order valence-electron chi connectivity index (χ4n) is 1.90. The molecule has 1 heterocycles. The van der Waals surface area contributed by atoms with Crippen LogP contribution in [0.25, 0.3) is 0 Å². The summed E-state index contributed by atoms with van der Waals surface area (Å²) in [7, 11) is 0. The van der Waals surface area contributed by atoms with Crippen LogP contribution in [0, 0.1) is 0 Å². The SMILES string of the molecule is CC(C)n1cc(Cl)cc1C(=O)Nc1cc(Cl)cc(Cl)c1O. The Morgan fingerprint density at radius 1 is 1.19 bits per heavy atom. The van der Waals surface area contributed by atoms with Gasteiger partial charge in [0.2, 0.25) is 0 Å². The number of aromatic hydroxyl groups is 1. The van der Waals surface area contributed by atoms with Crippen LogP contribution >= 0.6 is 34.8 Å². The molecule has 21 heavy (non-hydrogen) atoms. The first-order valence-corrected chi connectivity index (χ1v) is 7.29. The number of nitrogens with one attached hydrogen (secondary N) is 1. The molecule has 1 amide bonds. The molecule has 0 bridgehead atoms. The van der Waals surface area contributed by atoms with Gasteiger partial charge >= 0.3 is 0 Å². The van der Waals surface area contributed by atoms with Gasteiger partial charge in [-0.25, -0.2) is 0 Å². The fraction of sp³-hybridized carbons (Fsp3) is 0.214. The average molecular weight is 348 g/mol. The Labute approximate surface area is 137 Å². The largest absolute Gasteiger partial charge is 0.504 e. The summed E-state index contributed by atoms with van der Waals surface area (Å²) in [4.78, 5) is 12.3. The Kier molecular flexibility index (Phi) is 4.71. The summed E-state index contributed by atoms with van der Waals surface area (Å²) < 4.78 is 1.74. The number of carbonyl (C=O) groups is 1. The van der Waals surface area contributed by atoms with E-state index in [1.54, 1.807) is 16.8 Å². The third-order valence-electron chi connectivity index (χ3n) is 2.88. The van der Waals surface area contributed by atoms with Gasteiger partial charge in [0.25, 0.3) is 5.91 Å². The zero-order chi connectivity index (χ0) is 15.7. The van der Waals surface area contributed by atoms with Crippen molar-refractivity contribution in [2.24, 2.45) is 0 Å². The molecule has 0 atom stereocenters. The summed E-state index contributed by atoms with van der Waals surface area (Å²) in [5.41, 5.74) is 0.524. The molecule has 0 saturated heterocycles. The van der Waals surface area contributed by atoms with Gasteiger partial charge in [-0.2, -0.15) is 0 Å². The second-order valence-corrected chi connectivity index (χ2v) is 6.06. The Balaban J connectivity index is 2.35. The van der Waals surface area contributed by atoms with Crippen LogP contribution in [0.5, 0.6) is 5.75 Å². The minimum absolute atomic E-state index is 0.0646. The number of rotatable bonds is 3. The number of carbonyl (C=O) groups excluding carboxylic acids is 1. The quantitative estimate of drug-likeness (QED) is 0.769. The van der Waals surface area contributed by atoms with Gasteiger partial charge in [0.1, 0.15) is 5.69 Å². The predicted molar refractivity (Wildman–Crippen MR) is 85.9 cm³/mol. The minimum atomic E-state index is -0.413. The van der Waals surface area contributed by atoms with Gasteiger partial charge in [-0.15, -0.1) is 0 Å². The van der Waals surface area contributed by atoms with Crippen molar-refractivity contribution in [1.82, 2.24) is 4.57 Å². The lowest BCUT2D eigenvalue weighted by Crippen LogP contribution is -2.17. The fourth-order valence-corrected chi connectivity index (χ4v) is 2.60. The maximum atomic E-state index is 12.3. The summed E-state index contributed by atoms with van der Waals surface area (Å²) in [6, 6.07) is 4.43. The van der Waals surface area contributed by atoms with Crippen molar-refractivity contribution in [3.05, 3.63) is 45.2 Å². The van der Waals surface area contributed by atoms with Crippen LogP contribution in [-0.4, -0.2) is 15.6 Å². The predicted octanol–water partition coefficient (Wildman–Crippen LogP) is 4.99. The van der Waals surface area contributed by atoms with Gasteiger partial charge < -0.3 is 15.0 Å². The molecule has 7 heteroatoms.